The Kier molecular flexibility index (Phi) is 2.85. The lowest BCUT2D eigenvalue weighted by Gasteiger charge is -2.46. The standard InChI is InChI=1S/C12H20N2O/c1-10(11-4-7-15-8-11)14-6-5-13-9-12(14,2)3/h4,7-8,10,13H,5-6,9H2,1-3H3. The van der Waals surface area contributed by atoms with Crippen LogP contribution < -0.4 is 5.32 Å². The fourth-order valence-electron chi connectivity index (χ4n) is 2.41. The Labute approximate surface area is 91.4 Å². The molecule has 15 heavy (non-hydrogen) atoms. The normalized spacial score (nSPS) is 23.9. The van der Waals surface area contributed by atoms with Gasteiger partial charge in [0.2, 0.25) is 0 Å². The molecule has 0 spiro atoms. The second-order valence-corrected chi connectivity index (χ2v) is 4.92. The van der Waals surface area contributed by atoms with Crippen LogP contribution in [0.25, 0.3) is 0 Å². The molecule has 3 heteroatoms. The van der Waals surface area contributed by atoms with Crippen molar-refractivity contribution in [2.45, 2.75) is 32.4 Å². The van der Waals surface area contributed by atoms with Crippen molar-refractivity contribution >= 4 is 0 Å². The molecular formula is C12H20N2O. The summed E-state index contributed by atoms with van der Waals surface area (Å²) in [5.74, 6) is 0. The third-order valence-electron chi connectivity index (χ3n) is 3.36. The van der Waals surface area contributed by atoms with Crippen LogP contribution in [0.5, 0.6) is 0 Å². The molecule has 2 rings (SSSR count). The highest BCUT2D eigenvalue weighted by atomic mass is 16.3. The Morgan fingerprint density at radius 1 is 1.53 bits per heavy atom. The average Bonchev–Trinajstić information content (AvgIpc) is 2.69. The molecule has 1 aliphatic rings. The molecule has 2 heterocycles. The van der Waals surface area contributed by atoms with Gasteiger partial charge in [-0.15, -0.1) is 0 Å². The van der Waals surface area contributed by atoms with Gasteiger partial charge in [0.1, 0.15) is 0 Å². The van der Waals surface area contributed by atoms with E-state index in [1.54, 1.807) is 6.26 Å². The van der Waals surface area contributed by atoms with Crippen molar-refractivity contribution in [3.63, 3.8) is 0 Å². The minimum Gasteiger partial charge on any atom is -0.472 e. The molecule has 0 radical (unpaired) electrons. The van der Waals surface area contributed by atoms with E-state index in [1.807, 2.05) is 6.26 Å². The molecule has 0 saturated carbocycles. The number of rotatable bonds is 2. The van der Waals surface area contributed by atoms with Gasteiger partial charge in [-0.3, -0.25) is 4.90 Å². The summed E-state index contributed by atoms with van der Waals surface area (Å²) in [4.78, 5) is 2.54. The molecular weight excluding hydrogens is 188 g/mol. The predicted octanol–water partition coefficient (Wildman–Crippen LogP) is 2.02. The van der Waals surface area contributed by atoms with Crippen molar-refractivity contribution in [2.75, 3.05) is 19.6 Å². The van der Waals surface area contributed by atoms with E-state index < -0.39 is 0 Å². The quantitative estimate of drug-likeness (QED) is 0.806. The van der Waals surface area contributed by atoms with E-state index in [9.17, 15) is 0 Å². The van der Waals surface area contributed by atoms with Crippen LogP contribution in [0, 0.1) is 0 Å². The summed E-state index contributed by atoms with van der Waals surface area (Å²) in [5.41, 5.74) is 1.49. The summed E-state index contributed by atoms with van der Waals surface area (Å²) in [6.45, 7) is 10.0. The van der Waals surface area contributed by atoms with E-state index in [0.717, 1.165) is 19.6 Å². The van der Waals surface area contributed by atoms with Crippen LogP contribution in [-0.4, -0.2) is 30.1 Å². The van der Waals surface area contributed by atoms with E-state index in [2.05, 4.69) is 37.1 Å². The lowest BCUT2D eigenvalue weighted by Crippen LogP contribution is -2.58. The fourth-order valence-corrected chi connectivity index (χ4v) is 2.41. The number of nitrogens with one attached hydrogen (secondary N) is 1. The highest BCUT2D eigenvalue weighted by Crippen LogP contribution is 2.28. The number of furan rings is 1. The first kappa shape index (κ1) is 10.7. The topological polar surface area (TPSA) is 28.4 Å². The van der Waals surface area contributed by atoms with Crippen LogP contribution >= 0.6 is 0 Å². The van der Waals surface area contributed by atoms with E-state index in [-0.39, 0.29) is 5.54 Å². The Morgan fingerprint density at radius 3 is 2.93 bits per heavy atom. The highest BCUT2D eigenvalue weighted by molar-refractivity contribution is 5.12. The first-order chi connectivity index (χ1) is 7.11. The molecule has 1 aromatic rings. The molecule has 1 N–H and O–H groups in total. The van der Waals surface area contributed by atoms with E-state index in [1.165, 1.54) is 5.56 Å². The molecule has 1 saturated heterocycles. The summed E-state index contributed by atoms with van der Waals surface area (Å²) in [7, 11) is 0. The second kappa shape index (κ2) is 3.99. The number of hydrogen-bond donors (Lipinski definition) is 1. The van der Waals surface area contributed by atoms with Gasteiger partial charge >= 0.3 is 0 Å². The predicted molar refractivity (Wildman–Crippen MR) is 60.8 cm³/mol. The van der Waals surface area contributed by atoms with Crippen LogP contribution in [0.15, 0.2) is 23.0 Å². The summed E-state index contributed by atoms with van der Waals surface area (Å²) in [5, 5.41) is 3.44. The third-order valence-corrected chi connectivity index (χ3v) is 3.36. The smallest absolute Gasteiger partial charge is 0.0950 e. The lowest BCUT2D eigenvalue weighted by atomic mass is 9.96. The summed E-state index contributed by atoms with van der Waals surface area (Å²) in [6, 6.07) is 2.49. The lowest BCUT2D eigenvalue weighted by molar-refractivity contribution is 0.0514. The summed E-state index contributed by atoms with van der Waals surface area (Å²) in [6.07, 6.45) is 3.60. The van der Waals surface area contributed by atoms with Crippen molar-refractivity contribution in [2.24, 2.45) is 0 Å². The van der Waals surface area contributed by atoms with Gasteiger partial charge in [-0.1, -0.05) is 0 Å². The minimum atomic E-state index is 0.217. The van der Waals surface area contributed by atoms with Gasteiger partial charge in [0.15, 0.2) is 0 Å². The Morgan fingerprint density at radius 2 is 2.33 bits per heavy atom. The Hall–Kier alpha value is -0.800. The summed E-state index contributed by atoms with van der Waals surface area (Å²) < 4.78 is 5.15. The molecule has 1 fully saturated rings. The van der Waals surface area contributed by atoms with Crippen LogP contribution in [0.1, 0.15) is 32.4 Å². The molecule has 0 amide bonds. The van der Waals surface area contributed by atoms with Crippen molar-refractivity contribution in [1.29, 1.82) is 0 Å². The van der Waals surface area contributed by atoms with Crippen molar-refractivity contribution in [1.82, 2.24) is 10.2 Å². The molecule has 0 bridgehead atoms. The second-order valence-electron chi connectivity index (χ2n) is 4.92. The molecule has 84 valence electrons. The van der Waals surface area contributed by atoms with E-state index in [4.69, 9.17) is 4.42 Å². The van der Waals surface area contributed by atoms with Crippen molar-refractivity contribution in [3.8, 4) is 0 Å². The molecule has 0 aromatic carbocycles. The van der Waals surface area contributed by atoms with Crippen molar-refractivity contribution in [3.05, 3.63) is 24.2 Å². The fraction of sp³-hybridized carbons (Fsp3) is 0.667. The van der Waals surface area contributed by atoms with Gasteiger partial charge < -0.3 is 9.73 Å². The zero-order valence-electron chi connectivity index (χ0n) is 9.79. The highest BCUT2D eigenvalue weighted by Gasteiger charge is 2.33. The maximum absolute atomic E-state index is 5.15. The van der Waals surface area contributed by atoms with Gasteiger partial charge in [0.25, 0.3) is 0 Å². The maximum atomic E-state index is 5.15. The molecule has 1 aliphatic heterocycles. The van der Waals surface area contributed by atoms with Crippen LogP contribution in [0.3, 0.4) is 0 Å². The van der Waals surface area contributed by atoms with Crippen molar-refractivity contribution < 1.29 is 4.42 Å². The van der Waals surface area contributed by atoms with Crippen LogP contribution in [0.4, 0.5) is 0 Å². The number of nitrogens with zero attached hydrogens (tertiary/aromatic N) is 1. The Balaban J connectivity index is 2.15. The first-order valence-electron chi connectivity index (χ1n) is 5.61. The molecule has 0 aliphatic carbocycles. The largest absolute Gasteiger partial charge is 0.472 e. The van der Waals surface area contributed by atoms with Gasteiger partial charge in [0.05, 0.1) is 12.5 Å². The van der Waals surface area contributed by atoms with E-state index >= 15 is 0 Å². The number of hydrogen-bond acceptors (Lipinski definition) is 3. The SMILES string of the molecule is CC(c1ccoc1)N1CCNCC1(C)C. The summed E-state index contributed by atoms with van der Waals surface area (Å²) >= 11 is 0. The van der Waals surface area contributed by atoms with Gasteiger partial charge in [-0.25, -0.2) is 0 Å². The zero-order valence-corrected chi connectivity index (χ0v) is 9.79. The number of piperazine rings is 1. The Bertz CT molecular complexity index is 305. The van der Waals surface area contributed by atoms with Crippen LogP contribution in [0.2, 0.25) is 0 Å². The minimum absolute atomic E-state index is 0.217. The zero-order chi connectivity index (χ0) is 10.9. The van der Waals surface area contributed by atoms with Crippen LogP contribution in [-0.2, 0) is 0 Å². The van der Waals surface area contributed by atoms with E-state index in [0.29, 0.717) is 6.04 Å². The monoisotopic (exact) mass is 208 g/mol. The van der Waals surface area contributed by atoms with Gasteiger partial charge in [0, 0.05) is 36.8 Å². The molecule has 1 unspecified atom stereocenters. The first-order valence-corrected chi connectivity index (χ1v) is 5.61. The van der Waals surface area contributed by atoms with Gasteiger partial charge in [-0.2, -0.15) is 0 Å². The average molecular weight is 208 g/mol. The third kappa shape index (κ3) is 2.08. The molecule has 3 nitrogen and oxygen atoms in total. The molecule has 1 atom stereocenters. The van der Waals surface area contributed by atoms with Gasteiger partial charge in [-0.05, 0) is 26.8 Å². The molecule has 1 aromatic heterocycles. The maximum Gasteiger partial charge on any atom is 0.0950 e.